The minimum atomic E-state index is -1.79. The maximum Gasteiger partial charge on any atom is 0.335 e. The molecule has 0 aliphatic rings. The molecule has 0 aliphatic heterocycles. The number of carbonyl (C=O) groups excluding carboxylic acids is 2. The van der Waals surface area contributed by atoms with Crippen molar-refractivity contribution in [2.24, 2.45) is 0 Å². The minimum Gasteiger partial charge on any atom is -0.481 e. The zero-order chi connectivity index (χ0) is 26.9. The van der Waals surface area contributed by atoms with Crippen LogP contribution in [0.25, 0.3) is 0 Å². The third kappa shape index (κ3) is 24.0. The van der Waals surface area contributed by atoms with Crippen LogP contribution in [-0.4, -0.2) is 58.6 Å². The van der Waals surface area contributed by atoms with Gasteiger partial charge in [-0.1, -0.05) is 116 Å². The van der Waals surface area contributed by atoms with Gasteiger partial charge in [-0.15, -0.1) is 0 Å². The quantitative estimate of drug-likeness (QED) is 0.0985. The fraction of sp³-hybridized carbons (Fsp3) is 0.893. The highest BCUT2D eigenvalue weighted by Gasteiger charge is 2.21. The summed E-state index contributed by atoms with van der Waals surface area (Å²) >= 11 is 0. The van der Waals surface area contributed by atoms with Crippen LogP contribution in [0.5, 0.6) is 0 Å². The van der Waals surface area contributed by atoms with Gasteiger partial charge >= 0.3 is 17.9 Å². The molecule has 3 N–H and O–H groups in total. The lowest BCUT2D eigenvalue weighted by molar-refractivity contribution is -0.162. The summed E-state index contributed by atoms with van der Waals surface area (Å²) < 4.78 is 9.56. The zero-order valence-corrected chi connectivity index (χ0v) is 22.6. The Bertz CT molecular complexity index is 552. The van der Waals surface area contributed by atoms with Crippen LogP contribution >= 0.6 is 0 Å². The van der Waals surface area contributed by atoms with E-state index in [0.29, 0.717) is 0 Å². The van der Waals surface area contributed by atoms with Crippen molar-refractivity contribution in [3.63, 3.8) is 0 Å². The molecule has 1 unspecified atom stereocenters. The van der Waals surface area contributed by atoms with Crippen LogP contribution in [0, 0.1) is 0 Å². The molecule has 0 saturated carbocycles. The Morgan fingerprint density at radius 2 is 1.00 bits per heavy atom. The Balaban J connectivity index is 3.39. The normalized spacial score (nSPS) is 12.8. The van der Waals surface area contributed by atoms with E-state index >= 15 is 0 Å². The van der Waals surface area contributed by atoms with Gasteiger partial charge in [0.25, 0.3) is 0 Å². The van der Waals surface area contributed by atoms with Crippen molar-refractivity contribution in [3.8, 4) is 0 Å². The minimum absolute atomic E-state index is 0.280. The number of ether oxygens (including phenoxy) is 2. The van der Waals surface area contributed by atoms with Gasteiger partial charge in [0.2, 0.25) is 0 Å². The summed E-state index contributed by atoms with van der Waals surface area (Å²) in [7, 11) is 0. The second kappa shape index (κ2) is 25.0. The van der Waals surface area contributed by atoms with Gasteiger partial charge in [-0.2, -0.15) is 0 Å². The van der Waals surface area contributed by atoms with Gasteiger partial charge in [0.15, 0.2) is 6.10 Å². The maximum absolute atomic E-state index is 11.7. The van der Waals surface area contributed by atoms with Crippen molar-refractivity contribution < 1.29 is 39.2 Å². The Kier molecular flexibility index (Phi) is 23.8. The molecule has 0 spiro atoms. The van der Waals surface area contributed by atoms with Crippen LogP contribution in [0.3, 0.4) is 0 Å². The van der Waals surface area contributed by atoms with E-state index in [9.17, 15) is 24.6 Å². The van der Waals surface area contributed by atoms with Crippen LogP contribution in [0.1, 0.15) is 135 Å². The molecule has 0 fully saturated rings. The van der Waals surface area contributed by atoms with E-state index in [0.717, 1.165) is 19.3 Å². The summed E-state index contributed by atoms with van der Waals surface area (Å²) in [6, 6.07) is 0. The van der Waals surface area contributed by atoms with Crippen molar-refractivity contribution in [2.45, 2.75) is 148 Å². The van der Waals surface area contributed by atoms with Crippen molar-refractivity contribution in [1.82, 2.24) is 0 Å². The molecule has 0 aromatic heterocycles. The molecule has 36 heavy (non-hydrogen) atoms. The van der Waals surface area contributed by atoms with E-state index in [2.05, 4.69) is 11.7 Å². The lowest BCUT2D eigenvalue weighted by Crippen LogP contribution is -2.31. The van der Waals surface area contributed by atoms with E-state index in [1.807, 2.05) is 0 Å². The molecule has 8 heteroatoms. The summed E-state index contributed by atoms with van der Waals surface area (Å²) in [5.74, 6) is -2.89. The first-order chi connectivity index (χ1) is 17.4. The smallest absolute Gasteiger partial charge is 0.335 e. The highest BCUT2D eigenvalue weighted by atomic mass is 16.6. The molecule has 0 radical (unpaired) electrons. The number of esters is 2. The van der Waals surface area contributed by atoms with Crippen LogP contribution in [0.2, 0.25) is 0 Å². The molecule has 0 amide bonds. The van der Waals surface area contributed by atoms with Gasteiger partial charge in [-0.05, 0) is 6.42 Å². The molecule has 0 aromatic rings. The summed E-state index contributed by atoms with van der Waals surface area (Å²) in [5, 5.41) is 27.5. The topological polar surface area (TPSA) is 130 Å². The first kappa shape index (κ1) is 34.3. The van der Waals surface area contributed by atoms with Gasteiger partial charge in [-0.25, -0.2) is 4.79 Å². The number of hydrogen-bond donors (Lipinski definition) is 3. The van der Waals surface area contributed by atoms with Gasteiger partial charge in [0.05, 0.1) is 6.42 Å². The number of unbranched alkanes of at least 4 members (excludes halogenated alkanes) is 17. The number of aliphatic hydroxyl groups excluding tert-OH is 2. The van der Waals surface area contributed by atoms with Crippen LogP contribution in [-0.2, 0) is 23.9 Å². The number of carboxylic acids is 1. The monoisotopic (exact) mass is 516 g/mol. The van der Waals surface area contributed by atoms with Gasteiger partial charge in [0.1, 0.15) is 19.3 Å². The SMILES string of the molecule is CCCCCCCCCCCCCCCCCCCCC(=O)OCC(O)COC(=O)[C@H](O)CC(=O)O. The second-order valence-corrected chi connectivity index (χ2v) is 9.84. The molecule has 2 atom stereocenters. The van der Waals surface area contributed by atoms with E-state index in [-0.39, 0.29) is 13.0 Å². The average Bonchev–Trinajstić information content (AvgIpc) is 2.84. The number of aliphatic carboxylic acids is 1. The first-order valence-corrected chi connectivity index (χ1v) is 14.3. The van der Waals surface area contributed by atoms with E-state index in [1.165, 1.54) is 96.3 Å². The molecule has 0 saturated heterocycles. The van der Waals surface area contributed by atoms with Crippen molar-refractivity contribution in [1.29, 1.82) is 0 Å². The van der Waals surface area contributed by atoms with Gasteiger partial charge in [0, 0.05) is 6.42 Å². The Morgan fingerprint density at radius 3 is 1.42 bits per heavy atom. The highest BCUT2D eigenvalue weighted by Crippen LogP contribution is 2.14. The molecule has 8 nitrogen and oxygen atoms in total. The maximum atomic E-state index is 11.7. The zero-order valence-electron chi connectivity index (χ0n) is 22.6. The predicted octanol–water partition coefficient (Wildman–Crippen LogP) is 5.70. The molecule has 0 aromatic carbocycles. The van der Waals surface area contributed by atoms with Crippen molar-refractivity contribution in [2.75, 3.05) is 13.2 Å². The number of aliphatic hydroxyl groups is 2. The average molecular weight is 517 g/mol. The van der Waals surface area contributed by atoms with Crippen LogP contribution in [0.15, 0.2) is 0 Å². The first-order valence-electron chi connectivity index (χ1n) is 14.3. The van der Waals surface area contributed by atoms with E-state index in [4.69, 9.17) is 9.84 Å². The Morgan fingerprint density at radius 1 is 0.611 bits per heavy atom. The number of rotatable bonds is 26. The molecule has 0 rings (SSSR count). The van der Waals surface area contributed by atoms with Gasteiger partial charge < -0.3 is 24.8 Å². The third-order valence-electron chi connectivity index (χ3n) is 6.23. The summed E-state index contributed by atoms with van der Waals surface area (Å²) in [4.78, 5) is 33.5. The summed E-state index contributed by atoms with van der Waals surface area (Å²) in [6.45, 7) is 1.46. The lowest BCUT2D eigenvalue weighted by Gasteiger charge is -2.13. The third-order valence-corrected chi connectivity index (χ3v) is 6.23. The second-order valence-electron chi connectivity index (χ2n) is 9.84. The van der Waals surface area contributed by atoms with Crippen LogP contribution in [0.4, 0.5) is 0 Å². The molecule has 0 bridgehead atoms. The predicted molar refractivity (Wildman–Crippen MR) is 140 cm³/mol. The number of carbonyl (C=O) groups is 3. The largest absolute Gasteiger partial charge is 0.481 e. The van der Waals surface area contributed by atoms with Crippen LogP contribution < -0.4 is 0 Å². The molecule has 212 valence electrons. The molecule has 0 heterocycles. The summed E-state index contributed by atoms with van der Waals surface area (Å²) in [5.41, 5.74) is 0. The lowest BCUT2D eigenvalue weighted by atomic mass is 10.0. The number of carboxylic acid groups (broad SMARTS) is 1. The standard InChI is InChI=1S/C28H52O8/c1-2-3-4-5-6-7-8-9-10-11-12-13-14-15-16-17-18-19-20-27(33)35-22-24(29)23-36-28(34)25(30)21-26(31)32/h24-25,29-30H,2-23H2,1H3,(H,31,32)/t24?,25-/m1/s1. The van der Waals surface area contributed by atoms with Crippen molar-refractivity contribution >= 4 is 17.9 Å². The fourth-order valence-corrected chi connectivity index (χ4v) is 4.00. The van der Waals surface area contributed by atoms with E-state index < -0.39 is 43.1 Å². The Hall–Kier alpha value is -1.67. The molecular formula is C28H52O8. The Labute approximate surface area is 218 Å². The summed E-state index contributed by atoms with van der Waals surface area (Å²) in [6.07, 6.45) is 19.6. The fourth-order valence-electron chi connectivity index (χ4n) is 4.00. The van der Waals surface area contributed by atoms with Crippen molar-refractivity contribution in [3.05, 3.63) is 0 Å². The van der Waals surface area contributed by atoms with E-state index in [1.54, 1.807) is 0 Å². The van der Waals surface area contributed by atoms with Gasteiger partial charge in [-0.3, -0.25) is 9.59 Å². The molecule has 0 aliphatic carbocycles. The number of hydrogen-bond acceptors (Lipinski definition) is 7. The molecular weight excluding hydrogens is 464 g/mol. The highest BCUT2D eigenvalue weighted by molar-refractivity contribution is 5.80.